The molecule has 112 valence electrons. The summed E-state index contributed by atoms with van der Waals surface area (Å²) in [6, 6.07) is -0.411. The van der Waals surface area contributed by atoms with Crippen molar-refractivity contribution in [1.29, 1.82) is 0 Å². The van der Waals surface area contributed by atoms with Gasteiger partial charge in [-0.3, -0.25) is 4.79 Å². The Balaban J connectivity index is 1.69. The summed E-state index contributed by atoms with van der Waals surface area (Å²) in [5.41, 5.74) is 5.86. The molecule has 0 saturated carbocycles. The van der Waals surface area contributed by atoms with Gasteiger partial charge in [-0.2, -0.15) is 5.06 Å². The van der Waals surface area contributed by atoms with E-state index in [-0.39, 0.29) is 30.1 Å². The van der Waals surface area contributed by atoms with Crippen molar-refractivity contribution in [2.75, 3.05) is 19.6 Å². The summed E-state index contributed by atoms with van der Waals surface area (Å²) in [6.07, 6.45) is 3.12. The molecule has 3 aliphatic rings. The van der Waals surface area contributed by atoms with Gasteiger partial charge < -0.3 is 15.5 Å². The number of likely N-dealkylation sites (tertiary alicyclic amines) is 1. The molecule has 0 radical (unpaired) electrons. The number of carbonyl (C=O) groups is 2. The van der Waals surface area contributed by atoms with Crippen molar-refractivity contribution in [3.8, 4) is 0 Å². The van der Waals surface area contributed by atoms with Crippen LogP contribution < -0.4 is 5.73 Å². The molecule has 3 fully saturated rings. The van der Waals surface area contributed by atoms with Crippen molar-refractivity contribution in [1.82, 2.24) is 14.9 Å². The first-order valence-electron chi connectivity index (χ1n) is 7.07. The zero-order valence-electron chi connectivity index (χ0n) is 11.3. The Morgan fingerprint density at radius 3 is 2.60 bits per heavy atom. The molecule has 3 aliphatic heterocycles. The van der Waals surface area contributed by atoms with Crippen LogP contribution in [-0.4, -0.2) is 64.6 Å². The Morgan fingerprint density at radius 2 is 1.95 bits per heavy atom. The predicted octanol–water partition coefficient (Wildman–Crippen LogP) is -0.0189. The Morgan fingerprint density at radius 1 is 1.25 bits per heavy atom. The van der Waals surface area contributed by atoms with E-state index in [9.17, 15) is 9.59 Å². The lowest BCUT2D eigenvalue weighted by Gasteiger charge is -2.36. The van der Waals surface area contributed by atoms with Crippen molar-refractivity contribution in [3.63, 3.8) is 0 Å². The SMILES string of the molecule is NC1CCN(C(=O)[C@@H]2CC[C@@H]3CN2C(=O)N3OS)CC1. The highest BCUT2D eigenvalue weighted by atomic mass is 32.1. The lowest BCUT2D eigenvalue weighted by Crippen LogP contribution is -2.53. The van der Waals surface area contributed by atoms with E-state index < -0.39 is 0 Å². The number of urea groups is 1. The summed E-state index contributed by atoms with van der Waals surface area (Å²) >= 11 is 3.72. The molecule has 20 heavy (non-hydrogen) atoms. The van der Waals surface area contributed by atoms with E-state index in [4.69, 9.17) is 10.0 Å². The quantitative estimate of drug-likeness (QED) is 0.555. The third-order valence-corrected chi connectivity index (χ3v) is 4.72. The maximum absolute atomic E-state index is 12.6. The fraction of sp³-hybridized carbons (Fsp3) is 0.833. The number of piperidine rings is 2. The fourth-order valence-corrected chi connectivity index (χ4v) is 3.53. The molecule has 3 saturated heterocycles. The molecule has 0 aromatic heterocycles. The van der Waals surface area contributed by atoms with E-state index in [0.29, 0.717) is 26.1 Å². The van der Waals surface area contributed by atoms with E-state index in [0.717, 1.165) is 19.3 Å². The lowest BCUT2D eigenvalue weighted by molar-refractivity contribution is -0.137. The molecule has 0 aromatic rings. The topological polar surface area (TPSA) is 79.1 Å². The normalized spacial score (nSPS) is 31.1. The highest BCUT2D eigenvalue weighted by Crippen LogP contribution is 2.31. The van der Waals surface area contributed by atoms with Gasteiger partial charge in [0, 0.05) is 38.6 Å². The number of nitrogens with zero attached hydrogens (tertiary/aromatic N) is 3. The third-order valence-electron chi connectivity index (χ3n) is 4.55. The van der Waals surface area contributed by atoms with E-state index in [1.165, 1.54) is 5.06 Å². The zero-order chi connectivity index (χ0) is 14.3. The molecule has 0 spiro atoms. The molecule has 8 heteroatoms. The summed E-state index contributed by atoms with van der Waals surface area (Å²) < 4.78 is 4.82. The summed E-state index contributed by atoms with van der Waals surface area (Å²) in [6.45, 7) is 1.92. The van der Waals surface area contributed by atoms with Crippen LogP contribution in [0.25, 0.3) is 0 Å². The molecule has 2 atom stereocenters. The second-order valence-electron chi connectivity index (χ2n) is 5.75. The standard InChI is InChI=1S/C12H20N4O3S/c13-8-3-5-14(6-4-8)11(17)10-2-1-9-7-15(10)12(18)16(9)19-20/h8-10,20H,1-7,13H2/t9-,10+/m1/s1. The van der Waals surface area contributed by atoms with Gasteiger partial charge in [0.15, 0.2) is 0 Å². The van der Waals surface area contributed by atoms with Crippen LogP contribution in [0.4, 0.5) is 4.79 Å². The highest BCUT2D eigenvalue weighted by molar-refractivity contribution is 7.75. The molecule has 3 heterocycles. The minimum atomic E-state index is -0.360. The van der Waals surface area contributed by atoms with Crippen LogP contribution in [0.2, 0.25) is 0 Å². The second-order valence-corrected chi connectivity index (χ2v) is 5.92. The minimum absolute atomic E-state index is 0.0128. The van der Waals surface area contributed by atoms with E-state index in [1.54, 1.807) is 4.90 Å². The van der Waals surface area contributed by atoms with Crippen molar-refractivity contribution in [2.45, 2.75) is 43.8 Å². The number of rotatable bonds is 2. The molecule has 2 bridgehead atoms. The van der Waals surface area contributed by atoms with Crippen LogP contribution in [0.5, 0.6) is 0 Å². The van der Waals surface area contributed by atoms with Crippen molar-refractivity contribution < 1.29 is 13.9 Å². The van der Waals surface area contributed by atoms with Crippen LogP contribution in [0.1, 0.15) is 25.7 Å². The van der Waals surface area contributed by atoms with E-state index in [1.807, 2.05) is 4.90 Å². The largest absolute Gasteiger partial charge is 0.345 e. The first-order valence-corrected chi connectivity index (χ1v) is 7.44. The predicted molar refractivity (Wildman–Crippen MR) is 74.6 cm³/mol. The number of carbonyl (C=O) groups excluding carboxylic acids is 2. The number of amides is 3. The van der Waals surface area contributed by atoms with Crippen molar-refractivity contribution >= 4 is 24.8 Å². The lowest BCUT2D eigenvalue weighted by atomic mass is 9.98. The molecular weight excluding hydrogens is 280 g/mol. The van der Waals surface area contributed by atoms with Crippen LogP contribution in [0.3, 0.4) is 0 Å². The maximum atomic E-state index is 12.6. The second kappa shape index (κ2) is 5.42. The summed E-state index contributed by atoms with van der Waals surface area (Å²) in [5.74, 6) is 0.0460. The van der Waals surface area contributed by atoms with Gasteiger partial charge >= 0.3 is 6.03 Å². The monoisotopic (exact) mass is 300 g/mol. The number of hydrogen-bond acceptors (Lipinski definition) is 5. The molecule has 0 aromatic carbocycles. The number of hydroxylamine groups is 2. The van der Waals surface area contributed by atoms with Gasteiger partial charge in [-0.1, -0.05) is 0 Å². The molecule has 7 nitrogen and oxygen atoms in total. The van der Waals surface area contributed by atoms with E-state index in [2.05, 4.69) is 12.9 Å². The average molecular weight is 300 g/mol. The van der Waals surface area contributed by atoms with Gasteiger partial charge in [-0.25, -0.2) is 9.08 Å². The average Bonchev–Trinajstić information content (AvgIpc) is 2.71. The summed E-state index contributed by atoms with van der Waals surface area (Å²) in [7, 11) is 0. The number of thiol groups is 1. The Kier molecular flexibility index (Phi) is 3.78. The smallest absolute Gasteiger partial charge is 0.341 e. The molecule has 0 unspecified atom stereocenters. The van der Waals surface area contributed by atoms with Crippen LogP contribution >= 0.6 is 12.9 Å². The van der Waals surface area contributed by atoms with E-state index >= 15 is 0 Å². The number of nitrogens with two attached hydrogens (primary N) is 1. The van der Waals surface area contributed by atoms with Gasteiger partial charge in [0.1, 0.15) is 6.04 Å². The van der Waals surface area contributed by atoms with Crippen LogP contribution in [0, 0.1) is 0 Å². The van der Waals surface area contributed by atoms with Gasteiger partial charge in [0.2, 0.25) is 5.91 Å². The van der Waals surface area contributed by atoms with Crippen molar-refractivity contribution in [3.05, 3.63) is 0 Å². The molecule has 3 rings (SSSR count). The van der Waals surface area contributed by atoms with Crippen molar-refractivity contribution in [2.24, 2.45) is 5.73 Å². The maximum Gasteiger partial charge on any atom is 0.345 e. The third kappa shape index (κ3) is 2.25. The zero-order valence-corrected chi connectivity index (χ0v) is 12.2. The summed E-state index contributed by atoms with van der Waals surface area (Å²) in [5, 5.41) is 1.27. The number of fused-ring (bicyclic) bond motifs is 2. The summed E-state index contributed by atoms with van der Waals surface area (Å²) in [4.78, 5) is 28.2. The first-order chi connectivity index (χ1) is 9.61. The Bertz CT molecular complexity index is 414. The van der Waals surface area contributed by atoms with Gasteiger partial charge in [0.25, 0.3) is 0 Å². The van der Waals surface area contributed by atoms with Gasteiger partial charge in [-0.15, -0.1) is 0 Å². The molecule has 0 aliphatic carbocycles. The minimum Gasteiger partial charge on any atom is -0.341 e. The molecule has 3 amide bonds. The highest BCUT2D eigenvalue weighted by Gasteiger charge is 2.48. The number of hydrogen-bond donors (Lipinski definition) is 2. The fourth-order valence-electron chi connectivity index (χ4n) is 3.33. The van der Waals surface area contributed by atoms with Gasteiger partial charge in [0.05, 0.1) is 6.04 Å². The van der Waals surface area contributed by atoms with Crippen LogP contribution in [-0.2, 0) is 9.08 Å². The molecular formula is C12H20N4O3S. The molecule has 2 N–H and O–H groups in total. The van der Waals surface area contributed by atoms with Crippen LogP contribution in [0.15, 0.2) is 0 Å². The Labute approximate surface area is 123 Å². The Hall–Kier alpha value is -0.990. The van der Waals surface area contributed by atoms with Gasteiger partial charge in [-0.05, 0) is 25.7 Å². The first kappa shape index (κ1) is 14.0.